The van der Waals surface area contributed by atoms with Crippen molar-refractivity contribution >= 4 is 12.2 Å². The number of nitrogens with one attached hydrogen (secondary N) is 2. The fraction of sp³-hybridized carbons (Fsp3) is 0.125. The number of hydrogen-bond donors (Lipinski definition) is 2. The van der Waals surface area contributed by atoms with Crippen LogP contribution in [0.25, 0.3) is 0 Å². The van der Waals surface area contributed by atoms with Crippen molar-refractivity contribution in [1.82, 2.24) is 19.9 Å². The van der Waals surface area contributed by atoms with Crippen molar-refractivity contribution < 1.29 is 0 Å². The predicted octanol–water partition coefficient (Wildman–Crippen LogP) is 1.08. The summed E-state index contributed by atoms with van der Waals surface area (Å²) in [5.74, 6) is 0. The number of rotatable bonds is 3. The van der Waals surface area contributed by atoms with Crippen molar-refractivity contribution in [2.45, 2.75) is 6.54 Å². The molecule has 0 aliphatic carbocycles. The third kappa shape index (κ3) is 1.97. The summed E-state index contributed by atoms with van der Waals surface area (Å²) in [6.45, 7) is 0.668. The minimum absolute atomic E-state index is 0.550. The molecular formula is C8H9N5S. The summed E-state index contributed by atoms with van der Waals surface area (Å²) in [7, 11) is 0. The second-order valence-corrected chi connectivity index (χ2v) is 3.11. The molecule has 72 valence electrons. The zero-order valence-corrected chi connectivity index (χ0v) is 8.16. The summed E-state index contributed by atoms with van der Waals surface area (Å²) in [4.78, 5) is 4.01. The van der Waals surface area contributed by atoms with Crippen LogP contribution in [0.5, 0.6) is 0 Å². The van der Waals surface area contributed by atoms with Crippen molar-refractivity contribution in [2.75, 3.05) is 5.43 Å². The Labute approximate surface area is 85.8 Å². The molecule has 6 heteroatoms. The van der Waals surface area contributed by atoms with E-state index in [2.05, 4.69) is 20.6 Å². The SMILES string of the molecule is S=c1[nH]ncn1NCc1cccnc1. The van der Waals surface area contributed by atoms with Crippen LogP contribution in [0.3, 0.4) is 0 Å². The van der Waals surface area contributed by atoms with E-state index < -0.39 is 0 Å². The van der Waals surface area contributed by atoms with Gasteiger partial charge >= 0.3 is 0 Å². The maximum absolute atomic E-state index is 4.97. The van der Waals surface area contributed by atoms with Crippen LogP contribution >= 0.6 is 12.2 Å². The normalized spacial score (nSPS) is 10.0. The van der Waals surface area contributed by atoms with E-state index >= 15 is 0 Å². The number of aromatic amines is 1. The molecule has 0 saturated heterocycles. The summed E-state index contributed by atoms with van der Waals surface area (Å²) in [5, 5.41) is 6.44. The highest BCUT2D eigenvalue weighted by Gasteiger charge is 1.93. The van der Waals surface area contributed by atoms with Gasteiger partial charge in [0.2, 0.25) is 4.77 Å². The summed E-state index contributed by atoms with van der Waals surface area (Å²) >= 11 is 4.97. The first-order chi connectivity index (χ1) is 6.86. The minimum Gasteiger partial charge on any atom is -0.318 e. The molecule has 0 unspecified atom stereocenters. The number of pyridine rings is 1. The number of nitrogens with zero attached hydrogens (tertiary/aromatic N) is 3. The number of aromatic nitrogens is 4. The highest BCUT2D eigenvalue weighted by molar-refractivity contribution is 7.71. The van der Waals surface area contributed by atoms with Gasteiger partial charge in [-0.1, -0.05) is 6.07 Å². The van der Waals surface area contributed by atoms with Crippen molar-refractivity contribution in [2.24, 2.45) is 0 Å². The number of hydrogen-bond acceptors (Lipinski definition) is 4. The summed E-state index contributed by atoms with van der Waals surface area (Å²) in [6.07, 6.45) is 5.14. The molecule has 0 spiro atoms. The third-order valence-electron chi connectivity index (χ3n) is 1.73. The summed E-state index contributed by atoms with van der Waals surface area (Å²) in [5.41, 5.74) is 4.18. The molecule has 2 N–H and O–H groups in total. The van der Waals surface area contributed by atoms with Crippen LogP contribution < -0.4 is 5.43 Å². The number of H-pyrrole nitrogens is 1. The lowest BCUT2D eigenvalue weighted by molar-refractivity contribution is 0.822. The van der Waals surface area contributed by atoms with E-state index in [1.807, 2.05) is 12.1 Å². The van der Waals surface area contributed by atoms with Crippen LogP contribution in [0.1, 0.15) is 5.56 Å². The van der Waals surface area contributed by atoms with Crippen molar-refractivity contribution in [1.29, 1.82) is 0 Å². The fourth-order valence-electron chi connectivity index (χ4n) is 1.04. The Bertz CT molecular complexity index is 446. The smallest absolute Gasteiger partial charge is 0.214 e. The van der Waals surface area contributed by atoms with Crippen LogP contribution in [0.15, 0.2) is 30.9 Å². The van der Waals surface area contributed by atoms with Crippen LogP contribution in [0, 0.1) is 4.77 Å². The van der Waals surface area contributed by atoms with Crippen molar-refractivity contribution in [3.8, 4) is 0 Å². The van der Waals surface area contributed by atoms with Crippen LogP contribution in [0.4, 0.5) is 0 Å². The van der Waals surface area contributed by atoms with Gasteiger partial charge in [0, 0.05) is 12.4 Å². The van der Waals surface area contributed by atoms with E-state index in [1.54, 1.807) is 23.4 Å². The second kappa shape index (κ2) is 4.01. The standard InChI is InChI=1S/C8H9N5S/c14-8-12-10-6-13(8)11-5-7-2-1-3-9-4-7/h1-4,6,11H,5H2,(H,12,14). The zero-order valence-electron chi connectivity index (χ0n) is 7.34. The van der Waals surface area contributed by atoms with Gasteiger partial charge < -0.3 is 5.43 Å². The Morgan fingerprint density at radius 3 is 3.14 bits per heavy atom. The van der Waals surface area contributed by atoms with Crippen molar-refractivity contribution in [3.63, 3.8) is 0 Å². The third-order valence-corrected chi connectivity index (χ3v) is 2.02. The van der Waals surface area contributed by atoms with Crippen molar-refractivity contribution in [3.05, 3.63) is 41.2 Å². The summed E-state index contributed by atoms with van der Waals surface area (Å²) < 4.78 is 2.20. The Balaban J connectivity index is 2.02. The molecule has 0 amide bonds. The largest absolute Gasteiger partial charge is 0.318 e. The van der Waals surface area contributed by atoms with Gasteiger partial charge in [-0.2, -0.15) is 5.10 Å². The monoisotopic (exact) mass is 207 g/mol. The molecule has 14 heavy (non-hydrogen) atoms. The summed E-state index contributed by atoms with van der Waals surface area (Å²) in [6, 6.07) is 3.88. The highest BCUT2D eigenvalue weighted by atomic mass is 32.1. The molecule has 0 atom stereocenters. The van der Waals surface area contributed by atoms with Gasteiger partial charge in [-0.25, -0.2) is 4.68 Å². The van der Waals surface area contributed by atoms with Gasteiger partial charge in [-0.05, 0) is 23.8 Å². The zero-order chi connectivity index (χ0) is 9.80. The van der Waals surface area contributed by atoms with Gasteiger partial charge in [0.15, 0.2) is 0 Å². The molecule has 0 saturated carbocycles. The van der Waals surface area contributed by atoms with Crippen LogP contribution in [0.2, 0.25) is 0 Å². The van der Waals surface area contributed by atoms with E-state index in [0.717, 1.165) is 5.56 Å². The quantitative estimate of drug-likeness (QED) is 0.739. The Morgan fingerprint density at radius 1 is 1.57 bits per heavy atom. The fourth-order valence-corrected chi connectivity index (χ4v) is 1.20. The molecule has 0 aromatic carbocycles. The van der Waals surface area contributed by atoms with E-state index in [1.165, 1.54) is 0 Å². The average molecular weight is 207 g/mol. The lowest BCUT2D eigenvalue weighted by Gasteiger charge is -2.04. The first kappa shape index (κ1) is 8.89. The first-order valence-corrected chi connectivity index (χ1v) is 4.52. The Morgan fingerprint density at radius 2 is 2.50 bits per heavy atom. The van der Waals surface area contributed by atoms with E-state index in [0.29, 0.717) is 11.3 Å². The highest BCUT2D eigenvalue weighted by Crippen LogP contribution is 1.95. The molecule has 0 aliphatic heterocycles. The molecular weight excluding hydrogens is 198 g/mol. The van der Waals surface area contributed by atoms with Crippen LogP contribution in [-0.2, 0) is 6.54 Å². The average Bonchev–Trinajstić information content (AvgIpc) is 2.63. The molecule has 5 nitrogen and oxygen atoms in total. The lowest BCUT2D eigenvalue weighted by atomic mass is 10.3. The van der Waals surface area contributed by atoms with Gasteiger partial charge in [0.05, 0.1) is 6.54 Å². The van der Waals surface area contributed by atoms with Gasteiger partial charge in [0.25, 0.3) is 0 Å². The molecule has 2 heterocycles. The molecule has 0 radical (unpaired) electrons. The molecule has 0 fully saturated rings. The maximum atomic E-state index is 4.97. The lowest BCUT2D eigenvalue weighted by Crippen LogP contribution is -2.13. The van der Waals surface area contributed by atoms with Gasteiger partial charge in [-0.15, -0.1) is 0 Å². The first-order valence-electron chi connectivity index (χ1n) is 4.11. The van der Waals surface area contributed by atoms with Crippen LogP contribution in [-0.4, -0.2) is 19.9 Å². The molecule has 2 rings (SSSR count). The topological polar surface area (TPSA) is 58.5 Å². The maximum Gasteiger partial charge on any atom is 0.214 e. The van der Waals surface area contributed by atoms with E-state index in [9.17, 15) is 0 Å². The second-order valence-electron chi connectivity index (χ2n) is 2.73. The molecule has 2 aromatic rings. The Kier molecular flexibility index (Phi) is 2.55. The van der Waals surface area contributed by atoms with Gasteiger partial charge in [0.1, 0.15) is 6.33 Å². The minimum atomic E-state index is 0.550. The van der Waals surface area contributed by atoms with E-state index in [-0.39, 0.29) is 0 Å². The van der Waals surface area contributed by atoms with Gasteiger partial charge in [-0.3, -0.25) is 10.1 Å². The molecule has 0 bridgehead atoms. The molecule has 2 aromatic heterocycles. The molecule has 0 aliphatic rings. The predicted molar refractivity (Wildman–Crippen MR) is 54.7 cm³/mol. The Hall–Kier alpha value is -1.69. The van der Waals surface area contributed by atoms with E-state index in [4.69, 9.17) is 12.2 Å².